The first-order chi connectivity index (χ1) is 13.3. The topological polar surface area (TPSA) is 63.7 Å². The van der Waals surface area contributed by atoms with Gasteiger partial charge >= 0.3 is 5.97 Å². The van der Waals surface area contributed by atoms with E-state index in [0.29, 0.717) is 20.6 Å². The van der Waals surface area contributed by atoms with Crippen molar-refractivity contribution < 1.29 is 17.9 Å². The van der Waals surface area contributed by atoms with Crippen LogP contribution in [0.2, 0.25) is 5.02 Å². The summed E-state index contributed by atoms with van der Waals surface area (Å²) in [5.74, 6) is -0.523. The zero-order chi connectivity index (χ0) is 20.5. The summed E-state index contributed by atoms with van der Waals surface area (Å²) in [6, 6.07) is 11.1. The molecule has 0 spiro atoms. The highest BCUT2D eigenvalue weighted by Gasteiger charge is 2.41. The number of ether oxygens (including phenoxy) is 1. The summed E-state index contributed by atoms with van der Waals surface area (Å²) in [5.41, 5.74) is 1.76. The first-order valence-electron chi connectivity index (χ1n) is 8.67. The first kappa shape index (κ1) is 21.0. The summed E-state index contributed by atoms with van der Waals surface area (Å²) in [5, 5.41) is 0.573. The molecule has 0 N–H and O–H groups in total. The van der Waals surface area contributed by atoms with E-state index < -0.39 is 22.0 Å². The van der Waals surface area contributed by atoms with Crippen molar-refractivity contribution in [2.45, 2.75) is 24.8 Å². The summed E-state index contributed by atoms with van der Waals surface area (Å²) in [6.45, 7) is 3.83. The number of benzene rings is 2. The molecule has 2 aromatic rings. The molecule has 1 atom stereocenters. The van der Waals surface area contributed by atoms with Gasteiger partial charge in [0.05, 0.1) is 23.1 Å². The third-order valence-electron chi connectivity index (χ3n) is 4.51. The number of carbonyl (C=O) groups is 1. The number of aryl methyl sites for hydroxylation is 1. The molecule has 0 bridgehead atoms. The molecule has 0 fully saturated rings. The molecule has 0 aromatic heterocycles. The molecule has 0 saturated heterocycles. The number of halogens is 2. The molecule has 148 valence electrons. The number of rotatable bonds is 5. The van der Waals surface area contributed by atoms with E-state index in [9.17, 15) is 13.2 Å². The highest BCUT2D eigenvalue weighted by molar-refractivity contribution is 9.10. The lowest BCUT2D eigenvalue weighted by atomic mass is 9.99. The fourth-order valence-electron chi connectivity index (χ4n) is 3.17. The van der Waals surface area contributed by atoms with E-state index in [-0.39, 0.29) is 18.0 Å². The standard InChI is InChI=1S/C20H19BrClNO4S/c1-3-27-20(24)15-10-11-23(19(15)14-8-9-17(22)13(2)12-14)28(25,26)18-7-5-4-6-16(18)21/h4-10,12,19H,3,11H2,1-2H3. The summed E-state index contributed by atoms with van der Waals surface area (Å²) in [7, 11) is -3.88. The van der Waals surface area contributed by atoms with E-state index in [1.807, 2.05) is 6.92 Å². The third kappa shape index (κ3) is 3.89. The largest absolute Gasteiger partial charge is 0.463 e. The fraction of sp³-hybridized carbons (Fsp3) is 0.250. The summed E-state index contributed by atoms with van der Waals surface area (Å²) in [6.07, 6.45) is 1.61. The van der Waals surface area contributed by atoms with Crippen molar-refractivity contribution in [3.05, 3.63) is 74.7 Å². The molecular formula is C20H19BrClNO4S. The van der Waals surface area contributed by atoms with Crippen LogP contribution in [0, 0.1) is 6.92 Å². The smallest absolute Gasteiger partial charge is 0.335 e. The van der Waals surface area contributed by atoms with Gasteiger partial charge in [-0.05, 0) is 59.1 Å². The number of hydrogen-bond donors (Lipinski definition) is 0. The maximum absolute atomic E-state index is 13.4. The first-order valence-corrected chi connectivity index (χ1v) is 11.3. The molecule has 5 nitrogen and oxygen atoms in total. The van der Waals surface area contributed by atoms with Crippen LogP contribution in [0.4, 0.5) is 0 Å². The van der Waals surface area contributed by atoms with Crippen molar-refractivity contribution in [2.24, 2.45) is 0 Å². The minimum Gasteiger partial charge on any atom is -0.463 e. The Bertz CT molecular complexity index is 1050. The second kappa shape index (κ2) is 8.37. The maximum atomic E-state index is 13.4. The van der Waals surface area contributed by atoms with Crippen LogP contribution in [-0.2, 0) is 19.6 Å². The van der Waals surface area contributed by atoms with E-state index in [1.165, 1.54) is 10.4 Å². The molecule has 2 aromatic carbocycles. The molecule has 0 amide bonds. The molecule has 0 saturated carbocycles. The molecule has 1 unspecified atom stereocenters. The van der Waals surface area contributed by atoms with Crippen LogP contribution in [0.3, 0.4) is 0 Å². The number of sulfonamides is 1. The minimum absolute atomic E-state index is 0.0736. The van der Waals surface area contributed by atoms with Gasteiger partial charge in [0.15, 0.2) is 0 Å². The summed E-state index contributed by atoms with van der Waals surface area (Å²) in [4.78, 5) is 12.7. The van der Waals surface area contributed by atoms with E-state index in [0.717, 1.165) is 5.56 Å². The van der Waals surface area contributed by atoms with Crippen molar-refractivity contribution in [3.8, 4) is 0 Å². The zero-order valence-corrected chi connectivity index (χ0v) is 18.5. The predicted octanol–water partition coefficient (Wildman–Crippen LogP) is 4.65. The van der Waals surface area contributed by atoms with Gasteiger partial charge in [0.25, 0.3) is 0 Å². The monoisotopic (exact) mass is 483 g/mol. The van der Waals surface area contributed by atoms with Gasteiger partial charge in [0.2, 0.25) is 10.0 Å². The van der Waals surface area contributed by atoms with Gasteiger partial charge in [0, 0.05) is 16.0 Å². The molecule has 3 rings (SSSR count). The van der Waals surface area contributed by atoms with Gasteiger partial charge in [0.1, 0.15) is 0 Å². The van der Waals surface area contributed by atoms with Crippen LogP contribution in [0.5, 0.6) is 0 Å². The third-order valence-corrected chi connectivity index (χ3v) is 7.77. The lowest BCUT2D eigenvalue weighted by Crippen LogP contribution is -2.33. The molecule has 1 aliphatic heterocycles. The highest BCUT2D eigenvalue weighted by atomic mass is 79.9. The van der Waals surface area contributed by atoms with Gasteiger partial charge in [-0.1, -0.05) is 41.9 Å². The number of hydrogen-bond acceptors (Lipinski definition) is 4. The average molecular weight is 485 g/mol. The van der Waals surface area contributed by atoms with Crippen LogP contribution in [0.15, 0.2) is 63.5 Å². The van der Waals surface area contributed by atoms with E-state index >= 15 is 0 Å². The molecule has 28 heavy (non-hydrogen) atoms. The maximum Gasteiger partial charge on any atom is 0.335 e. The van der Waals surface area contributed by atoms with Gasteiger partial charge in [-0.2, -0.15) is 4.31 Å². The van der Waals surface area contributed by atoms with Crippen molar-refractivity contribution >= 4 is 43.5 Å². The number of nitrogens with zero attached hydrogens (tertiary/aromatic N) is 1. The Hall–Kier alpha value is -1.67. The van der Waals surface area contributed by atoms with Gasteiger partial charge in [-0.25, -0.2) is 13.2 Å². The van der Waals surface area contributed by atoms with Crippen molar-refractivity contribution in [1.29, 1.82) is 0 Å². The molecule has 8 heteroatoms. The SMILES string of the molecule is CCOC(=O)C1=CCN(S(=O)(=O)c2ccccc2Br)C1c1ccc(Cl)c(C)c1. The van der Waals surface area contributed by atoms with Crippen LogP contribution in [0.25, 0.3) is 0 Å². The highest BCUT2D eigenvalue weighted by Crippen LogP contribution is 2.40. The van der Waals surface area contributed by atoms with E-state index in [1.54, 1.807) is 49.4 Å². The van der Waals surface area contributed by atoms with E-state index in [2.05, 4.69) is 15.9 Å². The lowest BCUT2D eigenvalue weighted by Gasteiger charge is -2.27. The van der Waals surface area contributed by atoms with Crippen molar-refractivity contribution in [1.82, 2.24) is 4.31 Å². The Morgan fingerprint density at radius 2 is 2.00 bits per heavy atom. The molecule has 1 heterocycles. The van der Waals surface area contributed by atoms with Crippen molar-refractivity contribution in [2.75, 3.05) is 13.2 Å². The Kier molecular flexibility index (Phi) is 6.29. The normalized spacial score (nSPS) is 17.4. The second-order valence-electron chi connectivity index (χ2n) is 6.30. The van der Waals surface area contributed by atoms with Crippen LogP contribution in [0.1, 0.15) is 24.1 Å². The number of carbonyl (C=O) groups excluding carboxylic acids is 1. The summed E-state index contributed by atoms with van der Waals surface area (Å²) >= 11 is 9.45. The van der Waals surface area contributed by atoms with Crippen LogP contribution < -0.4 is 0 Å². The van der Waals surface area contributed by atoms with Gasteiger partial charge < -0.3 is 4.74 Å². The van der Waals surface area contributed by atoms with Gasteiger partial charge in [-0.3, -0.25) is 0 Å². The minimum atomic E-state index is -3.88. The van der Waals surface area contributed by atoms with Gasteiger partial charge in [-0.15, -0.1) is 0 Å². The number of esters is 1. The lowest BCUT2D eigenvalue weighted by molar-refractivity contribution is -0.138. The molecule has 1 aliphatic rings. The van der Waals surface area contributed by atoms with Crippen molar-refractivity contribution in [3.63, 3.8) is 0 Å². The van der Waals surface area contributed by atoms with Crippen LogP contribution in [-0.4, -0.2) is 31.8 Å². The second-order valence-corrected chi connectivity index (χ2v) is 9.42. The average Bonchev–Trinajstić information content (AvgIpc) is 3.10. The molecule has 0 aliphatic carbocycles. The molecular weight excluding hydrogens is 466 g/mol. The Balaban J connectivity index is 2.11. The van der Waals surface area contributed by atoms with Crippen LogP contribution >= 0.6 is 27.5 Å². The summed E-state index contributed by atoms with van der Waals surface area (Å²) < 4.78 is 33.7. The zero-order valence-electron chi connectivity index (χ0n) is 15.4. The Labute approximate surface area is 178 Å². The Morgan fingerprint density at radius 3 is 2.64 bits per heavy atom. The predicted molar refractivity (Wildman–Crippen MR) is 112 cm³/mol. The quantitative estimate of drug-likeness (QED) is 0.580. The van der Waals surface area contributed by atoms with E-state index in [4.69, 9.17) is 16.3 Å². The molecule has 0 radical (unpaired) electrons. The Morgan fingerprint density at radius 1 is 1.29 bits per heavy atom. The fourth-order valence-corrected chi connectivity index (χ4v) is 5.79.